The molecule has 0 saturated heterocycles. The van der Waals surface area contributed by atoms with Crippen LogP contribution >= 0.6 is 0 Å². The summed E-state index contributed by atoms with van der Waals surface area (Å²) in [6.07, 6.45) is 9.48. The van der Waals surface area contributed by atoms with Crippen LogP contribution in [0.15, 0.2) is 6.20 Å². The maximum absolute atomic E-state index is 5.60. The molecule has 5 nitrogen and oxygen atoms in total. The molecule has 16 heavy (non-hydrogen) atoms. The zero-order valence-electron chi connectivity index (χ0n) is 9.89. The number of aromatic nitrogens is 3. The van der Waals surface area contributed by atoms with Gasteiger partial charge in [-0.3, -0.25) is 16.0 Å². The van der Waals surface area contributed by atoms with E-state index in [2.05, 4.69) is 15.7 Å². The Bertz CT molecular complexity index is 316. The first-order chi connectivity index (χ1) is 7.78. The van der Waals surface area contributed by atoms with Crippen molar-refractivity contribution in [3.8, 4) is 0 Å². The third-order valence-electron chi connectivity index (χ3n) is 3.43. The highest BCUT2D eigenvalue weighted by Gasteiger charge is 2.20. The number of aryl methyl sites for hydroxylation is 1. The van der Waals surface area contributed by atoms with E-state index in [4.69, 9.17) is 5.84 Å². The van der Waals surface area contributed by atoms with E-state index in [-0.39, 0.29) is 0 Å². The largest absolute Gasteiger partial charge is 0.271 e. The van der Waals surface area contributed by atoms with E-state index in [0.717, 1.165) is 24.5 Å². The van der Waals surface area contributed by atoms with Gasteiger partial charge in [0, 0.05) is 25.7 Å². The summed E-state index contributed by atoms with van der Waals surface area (Å²) in [7, 11) is 1.89. The maximum atomic E-state index is 5.60. The van der Waals surface area contributed by atoms with Crippen LogP contribution in [0.3, 0.4) is 0 Å². The van der Waals surface area contributed by atoms with Gasteiger partial charge in [0.05, 0.1) is 5.69 Å². The molecule has 0 aliphatic heterocycles. The predicted octanol–water partition coefficient (Wildman–Crippen LogP) is 0.770. The van der Waals surface area contributed by atoms with Gasteiger partial charge in [0.1, 0.15) is 0 Å². The molecule has 0 aromatic carbocycles. The third kappa shape index (κ3) is 3.02. The number of nitrogens with two attached hydrogens (primary N) is 1. The lowest BCUT2D eigenvalue weighted by Gasteiger charge is -2.18. The van der Waals surface area contributed by atoms with Gasteiger partial charge in [0.15, 0.2) is 0 Å². The summed E-state index contributed by atoms with van der Waals surface area (Å²) in [6, 6.07) is 0.333. The second-order valence-electron chi connectivity index (χ2n) is 4.84. The second kappa shape index (κ2) is 5.41. The number of hydrogen-bond acceptors (Lipinski definition) is 4. The van der Waals surface area contributed by atoms with Crippen LogP contribution in [-0.4, -0.2) is 21.0 Å². The molecule has 0 radical (unpaired) electrons. The van der Waals surface area contributed by atoms with E-state index in [9.17, 15) is 0 Å². The number of nitrogens with one attached hydrogen (secondary N) is 1. The summed E-state index contributed by atoms with van der Waals surface area (Å²) in [5, 5.41) is 8.03. The average Bonchev–Trinajstić information content (AvgIpc) is 2.89. The fraction of sp³-hybridized carbons (Fsp3) is 0.818. The second-order valence-corrected chi connectivity index (χ2v) is 4.84. The Morgan fingerprint density at radius 1 is 1.56 bits per heavy atom. The predicted molar refractivity (Wildman–Crippen MR) is 62.4 cm³/mol. The summed E-state index contributed by atoms with van der Waals surface area (Å²) in [6.45, 7) is 0. The molecule has 90 valence electrons. The molecule has 1 unspecified atom stereocenters. The van der Waals surface area contributed by atoms with Gasteiger partial charge in [-0.25, -0.2) is 0 Å². The minimum atomic E-state index is 0.333. The Kier molecular flexibility index (Phi) is 3.90. The van der Waals surface area contributed by atoms with Gasteiger partial charge >= 0.3 is 0 Å². The van der Waals surface area contributed by atoms with Crippen molar-refractivity contribution in [2.24, 2.45) is 18.8 Å². The van der Waals surface area contributed by atoms with Gasteiger partial charge < -0.3 is 0 Å². The van der Waals surface area contributed by atoms with Crippen LogP contribution in [0.2, 0.25) is 0 Å². The minimum absolute atomic E-state index is 0.333. The Morgan fingerprint density at radius 3 is 2.88 bits per heavy atom. The van der Waals surface area contributed by atoms with Gasteiger partial charge in [-0.2, -0.15) is 0 Å². The fourth-order valence-electron chi connectivity index (χ4n) is 2.60. The zero-order valence-corrected chi connectivity index (χ0v) is 9.89. The lowest BCUT2D eigenvalue weighted by atomic mass is 9.96. The highest BCUT2D eigenvalue weighted by Crippen LogP contribution is 2.28. The molecular weight excluding hydrogens is 202 g/mol. The van der Waals surface area contributed by atoms with E-state index in [1.165, 1.54) is 25.7 Å². The summed E-state index contributed by atoms with van der Waals surface area (Å²) in [4.78, 5) is 0. The van der Waals surface area contributed by atoms with E-state index in [1.54, 1.807) is 4.68 Å². The van der Waals surface area contributed by atoms with E-state index in [1.807, 2.05) is 13.2 Å². The van der Waals surface area contributed by atoms with E-state index >= 15 is 0 Å². The topological polar surface area (TPSA) is 68.8 Å². The fourth-order valence-corrected chi connectivity index (χ4v) is 2.60. The zero-order chi connectivity index (χ0) is 11.4. The molecule has 2 rings (SSSR count). The minimum Gasteiger partial charge on any atom is -0.271 e. The van der Waals surface area contributed by atoms with Crippen molar-refractivity contribution in [3.63, 3.8) is 0 Å². The molecular formula is C11H21N5. The molecule has 1 heterocycles. The average molecular weight is 223 g/mol. The van der Waals surface area contributed by atoms with Gasteiger partial charge in [0.2, 0.25) is 0 Å². The van der Waals surface area contributed by atoms with Crippen LogP contribution in [0.25, 0.3) is 0 Å². The molecule has 1 atom stereocenters. The molecule has 3 N–H and O–H groups in total. The summed E-state index contributed by atoms with van der Waals surface area (Å²) >= 11 is 0. The van der Waals surface area contributed by atoms with Gasteiger partial charge in [-0.05, 0) is 12.3 Å². The third-order valence-corrected chi connectivity index (χ3v) is 3.43. The van der Waals surface area contributed by atoms with E-state index < -0.39 is 0 Å². The summed E-state index contributed by atoms with van der Waals surface area (Å²) in [5.41, 5.74) is 3.93. The molecule has 1 fully saturated rings. The normalized spacial score (nSPS) is 19.1. The smallest absolute Gasteiger partial charge is 0.0843 e. The molecule has 0 spiro atoms. The van der Waals surface area contributed by atoms with Crippen LogP contribution in [0, 0.1) is 5.92 Å². The van der Waals surface area contributed by atoms with Crippen molar-refractivity contribution >= 4 is 0 Å². The highest BCUT2D eigenvalue weighted by molar-refractivity contribution is 4.96. The quantitative estimate of drug-likeness (QED) is 0.571. The summed E-state index contributed by atoms with van der Waals surface area (Å²) < 4.78 is 1.73. The summed E-state index contributed by atoms with van der Waals surface area (Å²) in [5.74, 6) is 6.45. The lowest BCUT2D eigenvalue weighted by Crippen LogP contribution is -2.38. The van der Waals surface area contributed by atoms with Gasteiger partial charge in [0.25, 0.3) is 0 Å². The first-order valence-electron chi connectivity index (χ1n) is 6.09. The standard InChI is InChI=1S/C11H21N5/c1-16-8-11(14-15-16)7-10(13-12)6-9-4-2-3-5-9/h8-10,13H,2-7,12H2,1H3. The van der Waals surface area contributed by atoms with Crippen molar-refractivity contribution in [2.75, 3.05) is 0 Å². The van der Waals surface area contributed by atoms with Gasteiger partial charge in [-0.1, -0.05) is 30.9 Å². The molecule has 1 saturated carbocycles. The van der Waals surface area contributed by atoms with Crippen LogP contribution < -0.4 is 11.3 Å². The first-order valence-corrected chi connectivity index (χ1v) is 6.09. The molecule has 0 amide bonds. The Hall–Kier alpha value is -0.940. The monoisotopic (exact) mass is 223 g/mol. The van der Waals surface area contributed by atoms with Crippen LogP contribution in [0.5, 0.6) is 0 Å². The maximum Gasteiger partial charge on any atom is 0.0843 e. The van der Waals surface area contributed by atoms with Crippen molar-refractivity contribution in [1.82, 2.24) is 20.4 Å². The van der Waals surface area contributed by atoms with Crippen molar-refractivity contribution in [2.45, 2.75) is 44.6 Å². The molecule has 5 heteroatoms. The SMILES string of the molecule is Cn1cc(CC(CC2CCCC2)NN)nn1. The molecule has 1 aliphatic rings. The lowest BCUT2D eigenvalue weighted by molar-refractivity contribution is 0.387. The molecule has 0 bridgehead atoms. The number of rotatable bonds is 5. The van der Waals surface area contributed by atoms with Crippen molar-refractivity contribution in [1.29, 1.82) is 0 Å². The van der Waals surface area contributed by atoms with Crippen LogP contribution in [0.4, 0.5) is 0 Å². The van der Waals surface area contributed by atoms with E-state index in [0.29, 0.717) is 6.04 Å². The number of hydrazine groups is 1. The first kappa shape index (κ1) is 11.5. The number of nitrogens with zero attached hydrogens (tertiary/aromatic N) is 3. The molecule has 1 aromatic heterocycles. The van der Waals surface area contributed by atoms with Gasteiger partial charge in [-0.15, -0.1) is 5.10 Å². The number of hydrogen-bond donors (Lipinski definition) is 2. The van der Waals surface area contributed by atoms with Crippen LogP contribution in [0.1, 0.15) is 37.8 Å². The molecule has 1 aliphatic carbocycles. The Balaban J connectivity index is 1.84. The highest BCUT2D eigenvalue weighted by atomic mass is 15.4. The Labute approximate surface area is 96.4 Å². The van der Waals surface area contributed by atoms with Crippen LogP contribution in [-0.2, 0) is 13.5 Å². The van der Waals surface area contributed by atoms with Crippen molar-refractivity contribution < 1.29 is 0 Å². The Morgan fingerprint density at radius 2 is 2.31 bits per heavy atom. The van der Waals surface area contributed by atoms with Crippen molar-refractivity contribution in [3.05, 3.63) is 11.9 Å². The molecule has 1 aromatic rings.